The van der Waals surface area contributed by atoms with Gasteiger partial charge in [0.25, 0.3) is 0 Å². The zero-order valence-electron chi connectivity index (χ0n) is 75.3. The van der Waals surface area contributed by atoms with E-state index in [9.17, 15) is 68.7 Å². The third-order valence-corrected chi connectivity index (χ3v) is 28.0. The lowest BCUT2D eigenvalue weighted by Crippen LogP contribution is -2.65. The molecule has 127 heavy (non-hydrogen) atoms. The summed E-state index contributed by atoms with van der Waals surface area (Å²) in [7, 11) is 8.67. The largest absolute Gasteiger partial charge is 0.492 e. The number of aliphatic hydroxyl groups is 5. The van der Waals surface area contributed by atoms with E-state index >= 15 is 0 Å². The van der Waals surface area contributed by atoms with Gasteiger partial charge >= 0.3 is 6.03 Å². The van der Waals surface area contributed by atoms with Crippen LogP contribution in [0, 0.1) is 51.9 Å². The number of ketones is 5. The molecule has 39 heteroatoms. The fourth-order valence-corrected chi connectivity index (χ4v) is 19.5. The van der Waals surface area contributed by atoms with Crippen molar-refractivity contribution in [3.8, 4) is 40.9 Å². The van der Waals surface area contributed by atoms with E-state index in [0.29, 0.717) is 60.1 Å². The second kappa shape index (κ2) is 53.8. The maximum Gasteiger partial charge on any atom is 0.312 e. The number of hydrogen-bond acceptors (Lipinski definition) is 34. The molecule has 35 nitrogen and oxygen atoms in total. The van der Waals surface area contributed by atoms with Gasteiger partial charge in [-0.15, -0.1) is 0 Å². The molecule has 0 radical (unpaired) electrons. The molecule has 4 heterocycles. The van der Waals surface area contributed by atoms with E-state index in [1.54, 1.807) is 58.4 Å². The molecule has 4 amide bonds. The van der Waals surface area contributed by atoms with Gasteiger partial charge in [-0.3, -0.25) is 43.3 Å². The predicted molar refractivity (Wildman–Crippen MR) is 482 cm³/mol. The van der Waals surface area contributed by atoms with Crippen LogP contribution < -0.4 is 47.1 Å². The Hall–Kier alpha value is -5.79. The summed E-state index contributed by atoms with van der Waals surface area (Å²) in [4.78, 5) is 129. The predicted octanol–water partition coefficient (Wildman–Crippen LogP) is 5.09. The number of nitrogens with one attached hydrogen (secondary N) is 4. The minimum Gasteiger partial charge on any atom is -0.492 e. The van der Waals surface area contributed by atoms with Gasteiger partial charge < -0.3 is 119 Å². The lowest BCUT2D eigenvalue weighted by Gasteiger charge is -2.47. The lowest BCUT2D eigenvalue weighted by atomic mass is 9.72. The number of aliphatic hydroxyl groups excluding tert-OH is 4. The minimum atomic E-state index is -2.06. The van der Waals surface area contributed by atoms with E-state index in [1.807, 2.05) is 48.3 Å². The third-order valence-electron chi connectivity index (χ3n) is 22.5. The van der Waals surface area contributed by atoms with Gasteiger partial charge in [0.05, 0.1) is 117 Å². The van der Waals surface area contributed by atoms with Gasteiger partial charge in [-0.25, -0.2) is 4.79 Å². The van der Waals surface area contributed by atoms with Crippen molar-refractivity contribution in [1.82, 2.24) is 26.3 Å². The van der Waals surface area contributed by atoms with Gasteiger partial charge in [0.2, 0.25) is 29.0 Å². The highest BCUT2D eigenvalue weighted by atomic mass is 127. The molecule has 4 saturated heterocycles. The number of Topliss-reactive ketones (excluding diaryl/α,β-unsaturated/α-hetero) is 5. The van der Waals surface area contributed by atoms with E-state index in [4.69, 9.17) is 77.9 Å². The Bertz CT molecular complexity index is 4070. The topological polar surface area (TPSA) is 487 Å². The van der Waals surface area contributed by atoms with Crippen molar-refractivity contribution in [2.45, 2.75) is 286 Å². The van der Waals surface area contributed by atoms with Crippen molar-refractivity contribution in [2.24, 2.45) is 29.2 Å². The molecule has 0 unspecified atom stereocenters. The van der Waals surface area contributed by atoms with Crippen molar-refractivity contribution < 1.29 is 135 Å². The second-order valence-corrected chi connectivity index (χ2v) is 38.1. The standard InChI is InChI=1S/C88H132IN7O28S3/c1-16-96(45-57(99)27-24-34-115-36-37-116-35-33-92-82(106)56(26-23-32-93-87(91)109)41-61(100)71(47(2)3)94-83(107)55(39-49(6)97)25-20-22-31-90)60-46-117-66(43-65(60)111-12)122-79-74(104)72(52(9)119-86(79)121-64-28-19-17-18-21-30-88(110)44-63(102)58(40-50(7)98)69(64)59(88)29-38-125-127-48(4)5)95-124-67-42-62(101)81(54(11)118-67)126-84(108)68-51(8)70(89)77(80(114-15)76(68)112-13)123-85-75(105)78(113-14)73(103)53(10)120-85/h17-18,29,47-48,52-56,60,62,64-67,71-75,78-79,81,85-86,95,101,103-105,110H,16,20,22-27,31-46,90H2,1-15H3,(H,92,106)(H,94,107)(H3,91,93,109)/b18-17-,59-29+/t52-,53+,54-,55-,56-,60+,62+,64+,65+,66+,67+,71+,72-,73+,74+,75-,78-,79-,81-,85+,86+,88+/m1/s1. The zero-order valence-corrected chi connectivity index (χ0v) is 79.9. The first-order valence-electron chi connectivity index (χ1n) is 43.3. The van der Waals surface area contributed by atoms with Gasteiger partial charge in [0, 0.05) is 112 Å². The first kappa shape index (κ1) is 108. The van der Waals surface area contributed by atoms with Crippen LogP contribution >= 0.6 is 55.9 Å². The number of urea groups is 1. The lowest BCUT2D eigenvalue weighted by molar-refractivity contribution is -0.337. The molecule has 22 atom stereocenters. The highest BCUT2D eigenvalue weighted by Crippen LogP contribution is 2.50. The molecule has 0 spiro atoms. The molecule has 1 aromatic carbocycles. The maximum absolute atomic E-state index is 14.6. The minimum absolute atomic E-state index is 0.00128. The molecular formula is C88H132IN7O28S3. The molecular weight excluding hydrogens is 1830 g/mol. The number of hydroxylamine groups is 1. The number of primary amides is 1. The van der Waals surface area contributed by atoms with E-state index in [1.165, 1.54) is 65.2 Å². The van der Waals surface area contributed by atoms with Crippen LogP contribution in [0.15, 0.2) is 34.9 Å². The number of allylic oxidation sites excluding steroid dienone is 3. The number of nitrogens with two attached hydrogens (primary N) is 2. The Balaban J connectivity index is 1.00. The Morgan fingerprint density at radius 1 is 0.764 bits per heavy atom. The highest BCUT2D eigenvalue weighted by Gasteiger charge is 2.53. The number of rotatable bonds is 52. The van der Waals surface area contributed by atoms with Crippen LogP contribution in [0.3, 0.4) is 0 Å². The van der Waals surface area contributed by atoms with Crippen molar-refractivity contribution in [2.75, 3.05) is 100.0 Å². The van der Waals surface area contributed by atoms with Crippen LogP contribution in [0.5, 0.6) is 17.2 Å². The van der Waals surface area contributed by atoms with Crippen molar-refractivity contribution >= 4 is 108 Å². The number of methoxy groups -OCH3 is 4. The number of carbonyl (C=O) groups excluding carboxylic acids is 9. The summed E-state index contributed by atoms with van der Waals surface area (Å²) in [6.45, 7) is 20.7. The van der Waals surface area contributed by atoms with Crippen LogP contribution in [0.1, 0.15) is 169 Å². The molecule has 13 N–H and O–H groups in total. The summed E-state index contributed by atoms with van der Waals surface area (Å²) in [6.07, 6.45) is -11.6. The van der Waals surface area contributed by atoms with Gasteiger partial charge in [0.15, 0.2) is 47.5 Å². The van der Waals surface area contributed by atoms with Gasteiger partial charge in [0.1, 0.15) is 54.0 Å². The monoisotopic (exact) mass is 1960 g/mol. The molecule has 0 saturated carbocycles. The Morgan fingerprint density at radius 2 is 1.46 bits per heavy atom. The number of thioether (sulfide) groups is 1. The summed E-state index contributed by atoms with van der Waals surface area (Å²) in [5.74, 6) is 8.08. The molecule has 0 aromatic heterocycles. The summed E-state index contributed by atoms with van der Waals surface area (Å²) in [6, 6.07) is -3.30. The molecule has 4 aliphatic heterocycles. The van der Waals surface area contributed by atoms with Crippen molar-refractivity contribution in [3.05, 3.63) is 49.6 Å². The molecule has 7 rings (SSSR count). The highest BCUT2D eigenvalue weighted by molar-refractivity contribution is 14.1. The average molecular weight is 1960 g/mol. The number of fused-ring (bicyclic) bond motifs is 2. The zero-order chi connectivity index (χ0) is 93.5. The van der Waals surface area contributed by atoms with Crippen LogP contribution in [0.25, 0.3) is 0 Å². The van der Waals surface area contributed by atoms with Crippen molar-refractivity contribution in [3.63, 3.8) is 0 Å². The molecule has 4 fully saturated rings. The van der Waals surface area contributed by atoms with Crippen LogP contribution in [0.2, 0.25) is 0 Å². The molecule has 712 valence electrons. The van der Waals surface area contributed by atoms with Crippen LogP contribution in [-0.2, 0) is 85.8 Å². The van der Waals surface area contributed by atoms with Gasteiger partial charge in [-0.2, -0.15) is 5.48 Å². The number of ether oxygens (including phenoxy) is 13. The summed E-state index contributed by atoms with van der Waals surface area (Å²) >= 11 is 2.79. The molecule has 2 bridgehead atoms. The second-order valence-electron chi connectivity index (χ2n) is 32.9. The summed E-state index contributed by atoms with van der Waals surface area (Å²) < 4.78 is 80.6. The Kier molecular flexibility index (Phi) is 45.8. The number of likely N-dealkylation sites (N-methyl/N-ethyl adjacent to an activating group) is 1. The van der Waals surface area contributed by atoms with Crippen LogP contribution in [0.4, 0.5) is 4.79 Å². The Labute approximate surface area is 770 Å². The summed E-state index contributed by atoms with van der Waals surface area (Å²) in [5.41, 5.74) is 12.7. The fourth-order valence-electron chi connectivity index (χ4n) is 15.9. The Morgan fingerprint density at radius 3 is 2.10 bits per heavy atom. The van der Waals surface area contributed by atoms with Gasteiger partial charge in [-0.05, 0) is 133 Å². The quantitative estimate of drug-likeness (QED) is 0.0133. The van der Waals surface area contributed by atoms with Crippen LogP contribution in [-0.4, -0.2) is 309 Å². The van der Waals surface area contributed by atoms with E-state index in [2.05, 4.69) is 45.1 Å². The number of benzene rings is 1. The molecule has 1 aromatic rings. The number of unbranched alkanes of at least 4 members (excludes halogenated alkanes) is 1. The molecule has 2 aliphatic carbocycles. The normalized spacial score (nSPS) is 28.5. The third kappa shape index (κ3) is 31.4. The number of amides is 4. The number of carbonyl (C=O) groups is 9. The summed E-state index contributed by atoms with van der Waals surface area (Å²) in [5, 5.41) is 66.2. The average Bonchev–Trinajstić information content (AvgIpc) is 0.732. The number of hydrogen-bond donors (Lipinski definition) is 11. The fraction of sp³-hybridized carbons (Fsp3) is 0.716. The van der Waals surface area contributed by atoms with Gasteiger partial charge in [-0.1, -0.05) is 104 Å². The SMILES string of the molecule is CCN(CC(=O)CCCOCCOCCNC(=O)[C@H](CCCNC(N)=O)CC(=O)[C@@H](NC(=O)[C@H](CCCCN)CC(C)=O)C(C)C)[C@H]1CO[C@@H](O[C@H]2[C@H](O[C@H]3C#C/C=C\C#C[C@]4(O)CC(=O)C(CC(C)=O)=C3/C4=C\CSSC(C)C)O[C@H](C)[C@@H](NO[C@H]3C[C@H](O)[C@H](SC(=O)c4c(C)c(I)c(O[C@@H]5O[C@@H](C)[C@H](O)[C@@H](OC)[C@H]5O)c(OC)c4OC)[C@@H](C)O3)[C@@H]2O)C[C@@H]1OC. The number of nitrogens with zero attached hydrogens (tertiary/aromatic N) is 1. The van der Waals surface area contributed by atoms with Crippen molar-refractivity contribution in [1.29, 1.82) is 0 Å². The maximum atomic E-state index is 14.6. The first-order valence-corrected chi connectivity index (χ1v) is 47.6. The van der Waals surface area contributed by atoms with E-state index in [0.717, 1.165) is 11.8 Å². The smallest absolute Gasteiger partial charge is 0.312 e. The van der Waals surface area contributed by atoms with E-state index in [-0.39, 0.29) is 171 Å². The van der Waals surface area contributed by atoms with E-state index < -0.39 is 168 Å². The first-order chi connectivity index (χ1) is 60.5. The molecule has 6 aliphatic rings. The number of halogens is 1.